The van der Waals surface area contributed by atoms with Gasteiger partial charge < -0.3 is 19.6 Å². The molecule has 4 heteroatoms. The molecule has 0 spiro atoms. The molecule has 1 saturated heterocycles. The number of hydrogen-bond donors (Lipinski definition) is 2. The molecule has 4 nitrogen and oxygen atoms in total. The second kappa shape index (κ2) is 5.65. The molecule has 19 heavy (non-hydrogen) atoms. The molecule has 0 radical (unpaired) electrons. The van der Waals surface area contributed by atoms with Crippen molar-refractivity contribution in [3.63, 3.8) is 0 Å². The molecule has 0 bridgehead atoms. The highest BCUT2D eigenvalue weighted by Gasteiger charge is 2.24. The summed E-state index contributed by atoms with van der Waals surface area (Å²) >= 11 is 0. The molecular formula is C15H25NO3. The van der Waals surface area contributed by atoms with E-state index in [0.717, 1.165) is 24.5 Å². The van der Waals surface area contributed by atoms with E-state index < -0.39 is 6.10 Å². The van der Waals surface area contributed by atoms with Crippen molar-refractivity contribution in [1.29, 1.82) is 0 Å². The standard InChI is InChI=1S/C15H25NO3/c1-10-11(7-14(19-10)15(2,3)4)8-16-12-5-6-18-9-13(12)17/h7,12-13,16-17H,5-6,8-9H2,1-4H3/t12-,13-/m1/s1. The lowest BCUT2D eigenvalue weighted by Crippen LogP contribution is -2.46. The molecule has 0 unspecified atom stereocenters. The monoisotopic (exact) mass is 267 g/mol. The van der Waals surface area contributed by atoms with Gasteiger partial charge in [-0.15, -0.1) is 0 Å². The fourth-order valence-corrected chi connectivity index (χ4v) is 2.27. The average Bonchev–Trinajstić information content (AvgIpc) is 2.70. The molecular weight excluding hydrogens is 242 g/mol. The third kappa shape index (κ3) is 3.59. The van der Waals surface area contributed by atoms with E-state index in [4.69, 9.17) is 9.15 Å². The Labute approximate surface area is 115 Å². The van der Waals surface area contributed by atoms with E-state index in [-0.39, 0.29) is 11.5 Å². The van der Waals surface area contributed by atoms with Gasteiger partial charge in [0.1, 0.15) is 11.5 Å². The normalized spacial score (nSPS) is 24.7. The van der Waals surface area contributed by atoms with Gasteiger partial charge in [0.05, 0.1) is 12.7 Å². The van der Waals surface area contributed by atoms with Crippen LogP contribution in [0.15, 0.2) is 10.5 Å². The van der Waals surface area contributed by atoms with E-state index in [1.165, 1.54) is 5.56 Å². The molecule has 2 rings (SSSR count). The van der Waals surface area contributed by atoms with Crippen LogP contribution in [0.5, 0.6) is 0 Å². The zero-order chi connectivity index (χ0) is 14.0. The lowest BCUT2D eigenvalue weighted by atomic mass is 9.93. The minimum atomic E-state index is -0.414. The number of aryl methyl sites for hydroxylation is 1. The summed E-state index contributed by atoms with van der Waals surface area (Å²) < 4.78 is 11.0. The van der Waals surface area contributed by atoms with E-state index in [1.54, 1.807) is 0 Å². The smallest absolute Gasteiger partial charge is 0.109 e. The van der Waals surface area contributed by atoms with Gasteiger partial charge in [0, 0.05) is 30.2 Å². The first-order valence-corrected chi connectivity index (χ1v) is 6.97. The van der Waals surface area contributed by atoms with E-state index in [1.807, 2.05) is 6.92 Å². The van der Waals surface area contributed by atoms with Crippen LogP contribution in [0.1, 0.15) is 44.3 Å². The quantitative estimate of drug-likeness (QED) is 0.881. The molecule has 1 aromatic rings. The van der Waals surface area contributed by atoms with E-state index in [0.29, 0.717) is 13.2 Å². The van der Waals surface area contributed by atoms with Crippen LogP contribution in [-0.2, 0) is 16.7 Å². The van der Waals surface area contributed by atoms with Gasteiger partial charge in [0.2, 0.25) is 0 Å². The Balaban J connectivity index is 1.97. The molecule has 2 atom stereocenters. The molecule has 0 aliphatic carbocycles. The summed E-state index contributed by atoms with van der Waals surface area (Å²) in [6.45, 7) is 10.3. The van der Waals surface area contributed by atoms with Gasteiger partial charge in [-0.2, -0.15) is 0 Å². The topological polar surface area (TPSA) is 54.6 Å². The van der Waals surface area contributed by atoms with Crippen molar-refractivity contribution < 1.29 is 14.3 Å². The Morgan fingerprint density at radius 2 is 2.16 bits per heavy atom. The van der Waals surface area contributed by atoms with Crippen LogP contribution in [-0.4, -0.2) is 30.5 Å². The Morgan fingerprint density at radius 3 is 2.74 bits per heavy atom. The molecule has 1 aliphatic heterocycles. The maximum Gasteiger partial charge on any atom is 0.109 e. The highest BCUT2D eigenvalue weighted by atomic mass is 16.5. The van der Waals surface area contributed by atoms with Crippen LogP contribution >= 0.6 is 0 Å². The molecule has 0 amide bonds. The Bertz CT molecular complexity index is 420. The summed E-state index contributed by atoms with van der Waals surface area (Å²) in [5.41, 5.74) is 1.20. The van der Waals surface area contributed by atoms with Crippen molar-refractivity contribution in [2.24, 2.45) is 0 Å². The number of hydrogen-bond acceptors (Lipinski definition) is 4. The van der Waals surface area contributed by atoms with Crippen LogP contribution in [0.3, 0.4) is 0 Å². The largest absolute Gasteiger partial charge is 0.465 e. The van der Waals surface area contributed by atoms with Crippen LogP contribution in [0.25, 0.3) is 0 Å². The fourth-order valence-electron chi connectivity index (χ4n) is 2.27. The Morgan fingerprint density at radius 1 is 1.42 bits per heavy atom. The van der Waals surface area contributed by atoms with Gasteiger partial charge >= 0.3 is 0 Å². The number of aliphatic hydroxyl groups is 1. The Kier molecular flexibility index (Phi) is 4.33. The summed E-state index contributed by atoms with van der Waals surface area (Å²) in [7, 11) is 0. The molecule has 2 N–H and O–H groups in total. The van der Waals surface area contributed by atoms with Crippen LogP contribution < -0.4 is 5.32 Å². The second-order valence-electron chi connectivity index (χ2n) is 6.36. The van der Waals surface area contributed by atoms with Crippen molar-refractivity contribution >= 4 is 0 Å². The maximum absolute atomic E-state index is 9.84. The third-order valence-corrected chi connectivity index (χ3v) is 3.64. The number of rotatable bonds is 3. The van der Waals surface area contributed by atoms with Crippen molar-refractivity contribution in [2.75, 3.05) is 13.2 Å². The Hall–Kier alpha value is -0.840. The molecule has 1 aromatic heterocycles. The third-order valence-electron chi connectivity index (χ3n) is 3.64. The number of aliphatic hydroxyl groups excluding tert-OH is 1. The van der Waals surface area contributed by atoms with Crippen LogP contribution in [0.4, 0.5) is 0 Å². The van der Waals surface area contributed by atoms with Crippen molar-refractivity contribution in [1.82, 2.24) is 5.32 Å². The lowest BCUT2D eigenvalue weighted by molar-refractivity contribution is -0.0280. The van der Waals surface area contributed by atoms with Crippen molar-refractivity contribution in [3.8, 4) is 0 Å². The first-order valence-electron chi connectivity index (χ1n) is 6.97. The second-order valence-corrected chi connectivity index (χ2v) is 6.36. The summed E-state index contributed by atoms with van der Waals surface area (Å²) in [6.07, 6.45) is 0.438. The van der Waals surface area contributed by atoms with Crippen LogP contribution in [0, 0.1) is 6.92 Å². The van der Waals surface area contributed by atoms with Gasteiger partial charge in [-0.25, -0.2) is 0 Å². The zero-order valence-electron chi connectivity index (χ0n) is 12.3. The summed E-state index contributed by atoms with van der Waals surface area (Å²) in [5, 5.41) is 13.2. The highest BCUT2D eigenvalue weighted by Crippen LogP contribution is 2.27. The number of ether oxygens (including phenoxy) is 1. The molecule has 1 aliphatic rings. The minimum Gasteiger partial charge on any atom is -0.465 e. The highest BCUT2D eigenvalue weighted by molar-refractivity contribution is 5.24. The number of furan rings is 1. The predicted octanol–water partition coefficient (Wildman–Crippen LogP) is 2.12. The average molecular weight is 267 g/mol. The summed E-state index contributed by atoms with van der Waals surface area (Å²) in [6, 6.07) is 2.23. The van der Waals surface area contributed by atoms with Gasteiger partial charge in [-0.05, 0) is 19.4 Å². The minimum absolute atomic E-state index is 0.0290. The summed E-state index contributed by atoms with van der Waals surface area (Å²) in [4.78, 5) is 0. The molecule has 0 aromatic carbocycles. The van der Waals surface area contributed by atoms with E-state index >= 15 is 0 Å². The number of nitrogens with one attached hydrogen (secondary N) is 1. The zero-order valence-corrected chi connectivity index (χ0v) is 12.3. The van der Waals surface area contributed by atoms with Crippen molar-refractivity contribution in [2.45, 2.75) is 58.2 Å². The van der Waals surface area contributed by atoms with E-state index in [2.05, 4.69) is 32.2 Å². The van der Waals surface area contributed by atoms with Gasteiger partial charge in [0.25, 0.3) is 0 Å². The molecule has 1 fully saturated rings. The first-order chi connectivity index (χ1) is 8.88. The predicted molar refractivity (Wildman–Crippen MR) is 74.2 cm³/mol. The van der Waals surface area contributed by atoms with Crippen molar-refractivity contribution in [3.05, 3.63) is 23.2 Å². The van der Waals surface area contributed by atoms with Gasteiger partial charge in [0.15, 0.2) is 0 Å². The van der Waals surface area contributed by atoms with Gasteiger partial charge in [-0.1, -0.05) is 20.8 Å². The fraction of sp³-hybridized carbons (Fsp3) is 0.733. The molecule has 108 valence electrons. The maximum atomic E-state index is 9.84. The lowest BCUT2D eigenvalue weighted by Gasteiger charge is -2.28. The van der Waals surface area contributed by atoms with E-state index in [9.17, 15) is 5.11 Å². The summed E-state index contributed by atoms with van der Waals surface area (Å²) in [5.74, 6) is 1.97. The molecule has 0 saturated carbocycles. The van der Waals surface area contributed by atoms with Gasteiger partial charge in [-0.3, -0.25) is 0 Å². The SMILES string of the molecule is Cc1oc(C(C)(C)C)cc1CN[C@@H]1CCOC[C@H]1O. The van der Waals surface area contributed by atoms with Crippen LogP contribution in [0.2, 0.25) is 0 Å². The molecule has 2 heterocycles. The first kappa shape index (κ1) is 14.6.